The van der Waals surface area contributed by atoms with E-state index in [4.69, 9.17) is 0 Å². The molecule has 1 amide bonds. The fraction of sp³-hybridized carbons (Fsp3) is 0.429. The van der Waals surface area contributed by atoms with Crippen LogP contribution in [0.2, 0.25) is 0 Å². The van der Waals surface area contributed by atoms with Crippen molar-refractivity contribution in [2.75, 3.05) is 18.9 Å². The molecule has 1 saturated carbocycles. The van der Waals surface area contributed by atoms with Gasteiger partial charge in [0.2, 0.25) is 5.91 Å². The lowest BCUT2D eigenvalue weighted by Crippen LogP contribution is -2.36. The molecular formula is C21H26N4O. The first-order chi connectivity index (χ1) is 12.5. The molecule has 2 aromatic rings. The molecule has 0 aliphatic heterocycles. The maximum absolute atomic E-state index is 12.7. The van der Waals surface area contributed by atoms with E-state index < -0.39 is 0 Å². The zero-order valence-electron chi connectivity index (χ0n) is 15.7. The van der Waals surface area contributed by atoms with Crippen LogP contribution in [0.5, 0.6) is 0 Å². The Morgan fingerprint density at radius 1 is 1.27 bits per heavy atom. The lowest BCUT2D eigenvalue weighted by atomic mass is 10.2. The first kappa shape index (κ1) is 18.2. The number of likely N-dealkylation sites (N-methyl/N-ethyl adjacent to an activating group) is 1. The molecule has 136 valence electrons. The van der Waals surface area contributed by atoms with Gasteiger partial charge in [-0.1, -0.05) is 31.0 Å². The highest BCUT2D eigenvalue weighted by molar-refractivity contribution is 5.93. The Balaban J connectivity index is 1.88. The molecule has 0 atom stereocenters. The molecule has 1 aliphatic carbocycles. The molecule has 0 saturated heterocycles. The molecule has 1 fully saturated rings. The van der Waals surface area contributed by atoms with Crippen LogP contribution in [0.25, 0.3) is 5.69 Å². The van der Waals surface area contributed by atoms with E-state index in [-0.39, 0.29) is 5.91 Å². The number of nitrogens with zero attached hydrogens (tertiary/aromatic N) is 3. The van der Waals surface area contributed by atoms with Gasteiger partial charge in [-0.15, -0.1) is 0 Å². The molecule has 0 radical (unpaired) electrons. The number of rotatable bonds is 5. The number of carbonyl (C=O) groups is 1. The number of hydrogen-bond acceptors (Lipinski definition) is 3. The minimum Gasteiger partial charge on any atom is -0.310 e. The lowest BCUT2D eigenvalue weighted by Gasteiger charge is -2.23. The highest BCUT2D eigenvalue weighted by Crippen LogP contribution is 2.30. The highest BCUT2D eigenvalue weighted by Gasteiger charge is 2.24. The van der Waals surface area contributed by atoms with Crippen LogP contribution in [0.3, 0.4) is 0 Å². The van der Waals surface area contributed by atoms with E-state index in [9.17, 15) is 10.1 Å². The molecule has 0 unspecified atom stereocenters. The first-order valence-corrected chi connectivity index (χ1v) is 9.20. The summed E-state index contributed by atoms with van der Waals surface area (Å²) in [6.45, 7) is 4.24. The summed E-state index contributed by atoms with van der Waals surface area (Å²) >= 11 is 0. The largest absolute Gasteiger partial charge is 0.310 e. The minimum atomic E-state index is -0.0782. The third-order valence-corrected chi connectivity index (χ3v) is 5.44. The number of benzene rings is 1. The molecule has 1 aromatic carbocycles. The number of amides is 1. The summed E-state index contributed by atoms with van der Waals surface area (Å²) in [7, 11) is 2.01. The zero-order valence-corrected chi connectivity index (χ0v) is 15.7. The average molecular weight is 350 g/mol. The van der Waals surface area contributed by atoms with Crippen LogP contribution in [0, 0.1) is 25.2 Å². The fourth-order valence-corrected chi connectivity index (χ4v) is 3.83. The first-order valence-electron chi connectivity index (χ1n) is 9.20. The van der Waals surface area contributed by atoms with Crippen LogP contribution >= 0.6 is 0 Å². The third kappa shape index (κ3) is 3.51. The summed E-state index contributed by atoms with van der Waals surface area (Å²) in [5.41, 5.74) is 3.33. The Kier molecular flexibility index (Phi) is 5.43. The van der Waals surface area contributed by atoms with Crippen molar-refractivity contribution in [3.05, 3.63) is 47.2 Å². The topological polar surface area (TPSA) is 61.1 Å². The maximum Gasteiger partial charge on any atom is 0.239 e. The summed E-state index contributed by atoms with van der Waals surface area (Å²) in [6.07, 6.45) is 4.80. The van der Waals surface area contributed by atoms with Crippen LogP contribution < -0.4 is 5.32 Å². The standard InChI is InChI=1S/C21H26N4O/c1-15-16(2)25(18-11-5-4-6-12-18)21(19(15)13-22)23-20(26)14-24(3)17-9-7-8-10-17/h4-6,11-12,17H,7-10,14H2,1-3H3,(H,23,26). The number of aromatic nitrogens is 1. The van der Waals surface area contributed by atoms with Crippen LogP contribution in [-0.4, -0.2) is 35.0 Å². The Hall–Kier alpha value is -2.58. The number of para-hydroxylation sites is 1. The van der Waals surface area contributed by atoms with Gasteiger partial charge in [-0.2, -0.15) is 5.26 Å². The van der Waals surface area contributed by atoms with Crippen LogP contribution in [0.4, 0.5) is 5.82 Å². The average Bonchev–Trinajstić information content (AvgIpc) is 3.24. The van der Waals surface area contributed by atoms with Gasteiger partial charge in [0.25, 0.3) is 0 Å². The van der Waals surface area contributed by atoms with Crippen LogP contribution in [0.15, 0.2) is 30.3 Å². The molecule has 0 spiro atoms. The van der Waals surface area contributed by atoms with Gasteiger partial charge in [0.05, 0.1) is 12.1 Å². The smallest absolute Gasteiger partial charge is 0.239 e. The molecule has 1 N–H and O–H groups in total. The van der Waals surface area contributed by atoms with Gasteiger partial charge in [-0.05, 0) is 51.4 Å². The Labute approximate surface area is 155 Å². The quantitative estimate of drug-likeness (QED) is 0.893. The molecule has 26 heavy (non-hydrogen) atoms. The van der Waals surface area contributed by atoms with Gasteiger partial charge in [-0.3, -0.25) is 14.3 Å². The zero-order chi connectivity index (χ0) is 18.7. The number of carbonyl (C=O) groups excluding carboxylic acids is 1. The van der Waals surface area contributed by atoms with E-state index in [0.29, 0.717) is 24.0 Å². The highest BCUT2D eigenvalue weighted by atomic mass is 16.2. The van der Waals surface area contributed by atoms with Crippen molar-refractivity contribution in [1.29, 1.82) is 5.26 Å². The number of anilines is 1. The molecule has 5 heteroatoms. The van der Waals surface area contributed by atoms with Gasteiger partial charge in [0.1, 0.15) is 11.9 Å². The van der Waals surface area contributed by atoms with Crippen molar-refractivity contribution in [2.24, 2.45) is 0 Å². The number of nitrogens with one attached hydrogen (secondary N) is 1. The second-order valence-electron chi connectivity index (χ2n) is 7.12. The Morgan fingerprint density at radius 2 is 1.92 bits per heavy atom. The summed E-state index contributed by atoms with van der Waals surface area (Å²) < 4.78 is 1.96. The maximum atomic E-state index is 12.7. The summed E-state index contributed by atoms with van der Waals surface area (Å²) in [5.74, 6) is 0.490. The van der Waals surface area contributed by atoms with Gasteiger partial charge < -0.3 is 5.32 Å². The molecule has 1 aliphatic rings. The van der Waals surface area contributed by atoms with Crippen molar-refractivity contribution in [1.82, 2.24) is 9.47 Å². The van der Waals surface area contributed by atoms with Gasteiger partial charge in [0.15, 0.2) is 0 Å². The lowest BCUT2D eigenvalue weighted by molar-refractivity contribution is -0.117. The predicted octanol–water partition coefficient (Wildman–Crippen LogP) is 3.78. The Bertz CT molecular complexity index is 826. The van der Waals surface area contributed by atoms with Gasteiger partial charge in [0, 0.05) is 17.4 Å². The van der Waals surface area contributed by atoms with Crippen molar-refractivity contribution in [3.63, 3.8) is 0 Å². The Morgan fingerprint density at radius 3 is 2.54 bits per heavy atom. The molecule has 0 bridgehead atoms. The molecule has 1 aromatic heterocycles. The number of hydrogen-bond donors (Lipinski definition) is 1. The van der Waals surface area contributed by atoms with E-state index in [1.54, 1.807) is 0 Å². The summed E-state index contributed by atoms with van der Waals surface area (Å²) in [4.78, 5) is 14.8. The molecule has 5 nitrogen and oxygen atoms in total. The van der Waals surface area contributed by atoms with Crippen LogP contribution in [-0.2, 0) is 4.79 Å². The van der Waals surface area contributed by atoms with Crippen molar-refractivity contribution in [2.45, 2.75) is 45.6 Å². The normalized spacial score (nSPS) is 14.6. The van der Waals surface area contributed by atoms with E-state index in [1.165, 1.54) is 12.8 Å². The second kappa shape index (κ2) is 7.76. The third-order valence-electron chi connectivity index (χ3n) is 5.44. The predicted molar refractivity (Wildman–Crippen MR) is 103 cm³/mol. The second-order valence-corrected chi connectivity index (χ2v) is 7.12. The fourth-order valence-electron chi connectivity index (χ4n) is 3.83. The van der Waals surface area contributed by atoms with E-state index in [1.807, 2.05) is 55.8 Å². The summed E-state index contributed by atoms with van der Waals surface area (Å²) in [5, 5.41) is 12.6. The summed E-state index contributed by atoms with van der Waals surface area (Å²) in [6, 6.07) is 12.6. The van der Waals surface area contributed by atoms with Gasteiger partial charge >= 0.3 is 0 Å². The van der Waals surface area contributed by atoms with Gasteiger partial charge in [-0.25, -0.2) is 0 Å². The molecule has 3 rings (SSSR count). The number of nitriles is 1. The minimum absolute atomic E-state index is 0.0782. The van der Waals surface area contributed by atoms with Crippen molar-refractivity contribution in [3.8, 4) is 11.8 Å². The molecular weight excluding hydrogens is 324 g/mol. The SMILES string of the molecule is Cc1c(C#N)c(NC(=O)CN(C)C2CCCC2)n(-c2ccccc2)c1C. The van der Waals surface area contributed by atoms with Crippen LogP contribution in [0.1, 0.15) is 42.5 Å². The molecule has 1 heterocycles. The van der Waals surface area contributed by atoms with Crippen molar-refractivity contribution < 1.29 is 4.79 Å². The van der Waals surface area contributed by atoms with E-state index >= 15 is 0 Å². The monoisotopic (exact) mass is 350 g/mol. The van der Waals surface area contributed by atoms with E-state index in [0.717, 1.165) is 29.8 Å². The van der Waals surface area contributed by atoms with E-state index in [2.05, 4.69) is 16.3 Å². The van der Waals surface area contributed by atoms with Crippen molar-refractivity contribution >= 4 is 11.7 Å².